The fourth-order valence-electron chi connectivity index (χ4n) is 2.71. The van der Waals surface area contributed by atoms with E-state index in [0.717, 1.165) is 13.1 Å². The van der Waals surface area contributed by atoms with E-state index in [1.807, 2.05) is 0 Å². The second-order valence-electron chi connectivity index (χ2n) is 7.27. The third-order valence-corrected chi connectivity index (χ3v) is 4.05. The largest absolute Gasteiger partial charge is 0.386 e. The van der Waals surface area contributed by atoms with Gasteiger partial charge in [-0.15, -0.1) is 0 Å². The topological polar surface area (TPSA) is 65.5 Å². The van der Waals surface area contributed by atoms with Gasteiger partial charge >= 0.3 is 0 Å². The first kappa shape index (κ1) is 21.8. The van der Waals surface area contributed by atoms with Crippen molar-refractivity contribution in [1.82, 2.24) is 4.90 Å². The highest BCUT2D eigenvalue weighted by molar-refractivity contribution is 9.10. The number of aliphatic imine (C=N–C) groups is 1. The zero-order chi connectivity index (χ0) is 19.0. The van der Waals surface area contributed by atoms with E-state index in [0.29, 0.717) is 47.1 Å². The highest BCUT2D eigenvalue weighted by Gasteiger charge is 2.12. The summed E-state index contributed by atoms with van der Waals surface area (Å²) < 4.78 is 14.5. The van der Waals surface area contributed by atoms with Crippen molar-refractivity contribution in [2.75, 3.05) is 19.6 Å². The quantitative estimate of drug-likeness (QED) is 0.464. The van der Waals surface area contributed by atoms with E-state index in [2.05, 4.69) is 53.5 Å². The second-order valence-corrected chi connectivity index (χ2v) is 8.18. The normalized spacial score (nSPS) is 12.4. The molecule has 0 aliphatic carbocycles. The van der Waals surface area contributed by atoms with Gasteiger partial charge in [0.2, 0.25) is 0 Å². The van der Waals surface area contributed by atoms with Crippen molar-refractivity contribution in [2.24, 2.45) is 22.6 Å². The summed E-state index contributed by atoms with van der Waals surface area (Å²) in [7, 11) is 0. The molecule has 1 aromatic carbocycles. The Hall–Kier alpha value is -1.27. The SMILES string of the molecule is CC(C)CN(CC(N)=NC(=N)CCc1ccc(Br)cc1F)CC(C)C. The van der Waals surface area contributed by atoms with Crippen LogP contribution in [0.3, 0.4) is 0 Å². The van der Waals surface area contributed by atoms with Gasteiger partial charge in [-0.2, -0.15) is 0 Å². The molecular formula is C19H30BrFN4. The van der Waals surface area contributed by atoms with E-state index in [-0.39, 0.29) is 11.7 Å². The molecule has 0 unspecified atom stereocenters. The molecule has 4 nitrogen and oxygen atoms in total. The van der Waals surface area contributed by atoms with E-state index in [1.54, 1.807) is 12.1 Å². The Morgan fingerprint density at radius 3 is 2.36 bits per heavy atom. The van der Waals surface area contributed by atoms with Crippen LogP contribution in [0.2, 0.25) is 0 Å². The molecule has 3 N–H and O–H groups in total. The third-order valence-electron chi connectivity index (χ3n) is 3.56. The number of hydrogen-bond donors (Lipinski definition) is 2. The van der Waals surface area contributed by atoms with Crippen LogP contribution in [0.5, 0.6) is 0 Å². The molecule has 25 heavy (non-hydrogen) atoms. The Labute approximate surface area is 159 Å². The lowest BCUT2D eigenvalue weighted by Gasteiger charge is -2.25. The molecule has 1 rings (SSSR count). The first-order chi connectivity index (χ1) is 11.7. The van der Waals surface area contributed by atoms with Crippen LogP contribution in [-0.2, 0) is 6.42 Å². The molecule has 0 fully saturated rings. The van der Waals surface area contributed by atoms with Gasteiger partial charge in [0.15, 0.2) is 0 Å². The first-order valence-corrected chi connectivity index (χ1v) is 9.53. The first-order valence-electron chi connectivity index (χ1n) is 8.74. The summed E-state index contributed by atoms with van der Waals surface area (Å²) in [6.45, 7) is 11.2. The number of hydrogen-bond acceptors (Lipinski definition) is 2. The Balaban J connectivity index is 2.59. The van der Waals surface area contributed by atoms with E-state index < -0.39 is 0 Å². The van der Waals surface area contributed by atoms with E-state index in [1.165, 1.54) is 6.07 Å². The Morgan fingerprint density at radius 1 is 1.24 bits per heavy atom. The molecule has 1 aromatic rings. The van der Waals surface area contributed by atoms with E-state index >= 15 is 0 Å². The summed E-state index contributed by atoms with van der Waals surface area (Å²) >= 11 is 3.24. The minimum atomic E-state index is -0.265. The van der Waals surface area contributed by atoms with Gasteiger partial charge in [0.25, 0.3) is 0 Å². The number of rotatable bonds is 9. The van der Waals surface area contributed by atoms with Gasteiger partial charge in [-0.25, -0.2) is 9.38 Å². The van der Waals surface area contributed by atoms with Crippen LogP contribution < -0.4 is 5.73 Å². The lowest BCUT2D eigenvalue weighted by molar-refractivity contribution is 0.247. The Bertz CT molecular complexity index is 589. The van der Waals surface area contributed by atoms with Crippen LogP contribution in [0, 0.1) is 23.1 Å². The maximum atomic E-state index is 13.8. The summed E-state index contributed by atoms with van der Waals surface area (Å²) in [4.78, 5) is 6.47. The van der Waals surface area contributed by atoms with Gasteiger partial charge in [0, 0.05) is 24.0 Å². The molecule has 0 heterocycles. The summed E-state index contributed by atoms with van der Waals surface area (Å²) in [6, 6.07) is 4.97. The lowest BCUT2D eigenvalue weighted by atomic mass is 10.1. The second kappa shape index (κ2) is 10.7. The molecule has 0 saturated heterocycles. The molecular weight excluding hydrogens is 383 g/mol. The van der Waals surface area contributed by atoms with E-state index in [9.17, 15) is 4.39 Å². The highest BCUT2D eigenvalue weighted by Crippen LogP contribution is 2.16. The van der Waals surface area contributed by atoms with Gasteiger partial charge in [-0.3, -0.25) is 10.3 Å². The van der Waals surface area contributed by atoms with Crippen LogP contribution >= 0.6 is 15.9 Å². The molecule has 0 atom stereocenters. The molecule has 0 aliphatic rings. The fourth-order valence-corrected chi connectivity index (χ4v) is 3.04. The monoisotopic (exact) mass is 412 g/mol. The highest BCUT2D eigenvalue weighted by atomic mass is 79.9. The van der Waals surface area contributed by atoms with Gasteiger partial charge in [-0.1, -0.05) is 49.7 Å². The summed E-state index contributed by atoms with van der Waals surface area (Å²) in [5, 5.41) is 7.99. The number of amidine groups is 2. The number of aryl methyl sites for hydroxylation is 1. The Kier molecular flexibility index (Phi) is 9.28. The Morgan fingerprint density at radius 2 is 1.84 bits per heavy atom. The summed E-state index contributed by atoms with van der Waals surface area (Å²) in [5.41, 5.74) is 6.62. The minimum absolute atomic E-state index is 0.189. The summed E-state index contributed by atoms with van der Waals surface area (Å²) in [6.07, 6.45) is 0.810. The molecule has 0 amide bonds. The van der Waals surface area contributed by atoms with Crippen LogP contribution in [-0.4, -0.2) is 36.2 Å². The number of nitrogens with one attached hydrogen (secondary N) is 1. The molecule has 0 radical (unpaired) electrons. The molecule has 0 bridgehead atoms. The molecule has 0 aliphatic heterocycles. The minimum Gasteiger partial charge on any atom is -0.386 e. The number of halogens is 2. The zero-order valence-electron chi connectivity index (χ0n) is 15.6. The van der Waals surface area contributed by atoms with Crippen LogP contribution in [0.25, 0.3) is 0 Å². The molecule has 6 heteroatoms. The molecule has 0 saturated carbocycles. The van der Waals surface area contributed by atoms with Crippen molar-refractivity contribution in [3.8, 4) is 0 Å². The van der Waals surface area contributed by atoms with Gasteiger partial charge < -0.3 is 5.73 Å². The molecule has 0 spiro atoms. The maximum Gasteiger partial charge on any atom is 0.127 e. The van der Waals surface area contributed by atoms with Gasteiger partial charge in [0.05, 0.1) is 6.54 Å². The third kappa shape index (κ3) is 9.12. The average molecular weight is 413 g/mol. The average Bonchev–Trinajstić information content (AvgIpc) is 2.44. The lowest BCUT2D eigenvalue weighted by Crippen LogP contribution is -2.38. The predicted molar refractivity (Wildman–Crippen MR) is 108 cm³/mol. The van der Waals surface area contributed by atoms with Crippen molar-refractivity contribution < 1.29 is 4.39 Å². The number of nitrogens with two attached hydrogens (primary N) is 1. The number of nitrogens with zero attached hydrogens (tertiary/aromatic N) is 2. The van der Waals surface area contributed by atoms with Crippen molar-refractivity contribution in [2.45, 2.75) is 40.5 Å². The van der Waals surface area contributed by atoms with Gasteiger partial charge in [-0.05, 0) is 36.0 Å². The molecule has 0 aromatic heterocycles. The van der Waals surface area contributed by atoms with Gasteiger partial charge in [0.1, 0.15) is 17.5 Å². The van der Waals surface area contributed by atoms with Crippen molar-refractivity contribution in [3.63, 3.8) is 0 Å². The fraction of sp³-hybridized carbons (Fsp3) is 0.579. The van der Waals surface area contributed by atoms with Crippen molar-refractivity contribution in [3.05, 3.63) is 34.1 Å². The molecule has 140 valence electrons. The number of benzene rings is 1. The van der Waals surface area contributed by atoms with Crippen molar-refractivity contribution >= 4 is 27.6 Å². The smallest absolute Gasteiger partial charge is 0.127 e. The van der Waals surface area contributed by atoms with Crippen LogP contribution in [0.15, 0.2) is 27.7 Å². The zero-order valence-corrected chi connectivity index (χ0v) is 17.2. The summed E-state index contributed by atoms with van der Waals surface area (Å²) in [5.74, 6) is 1.47. The van der Waals surface area contributed by atoms with Crippen LogP contribution in [0.1, 0.15) is 39.7 Å². The van der Waals surface area contributed by atoms with Crippen LogP contribution in [0.4, 0.5) is 4.39 Å². The maximum absolute atomic E-state index is 13.8. The standard InChI is InChI=1S/C19H30BrFN4/c1-13(2)10-25(11-14(3)4)12-19(23)24-18(22)8-6-15-5-7-16(20)9-17(15)21/h5,7,9,13-14H,6,8,10-12H2,1-4H3,(H3,22,23,24). The van der Waals surface area contributed by atoms with Crippen molar-refractivity contribution in [1.29, 1.82) is 5.41 Å². The predicted octanol–water partition coefficient (Wildman–Crippen LogP) is 4.47. The van der Waals surface area contributed by atoms with E-state index in [4.69, 9.17) is 11.1 Å².